The quantitative estimate of drug-likeness (QED) is 0.536. The Hall–Kier alpha value is -2.79. The molecule has 1 aromatic carbocycles. The highest BCUT2D eigenvalue weighted by Gasteiger charge is 2.34. The number of nitrogens with zero attached hydrogens (tertiary/aromatic N) is 5. The van der Waals surface area contributed by atoms with Crippen LogP contribution in [0, 0.1) is 19.7 Å². The third-order valence-electron chi connectivity index (χ3n) is 5.51. The molecule has 0 bridgehead atoms. The lowest BCUT2D eigenvalue weighted by Gasteiger charge is -2.21. The molecule has 1 aliphatic rings. The summed E-state index contributed by atoms with van der Waals surface area (Å²) in [5.41, 5.74) is 0.669. The molecule has 0 atom stereocenters. The van der Waals surface area contributed by atoms with Gasteiger partial charge in [-0.15, -0.1) is 0 Å². The van der Waals surface area contributed by atoms with Crippen molar-refractivity contribution in [2.24, 2.45) is 0 Å². The summed E-state index contributed by atoms with van der Waals surface area (Å²) >= 11 is 0. The Morgan fingerprint density at radius 3 is 2.31 bits per heavy atom. The minimum absolute atomic E-state index is 0.372. The summed E-state index contributed by atoms with van der Waals surface area (Å²) in [4.78, 5) is 8.75. The van der Waals surface area contributed by atoms with E-state index in [0.29, 0.717) is 53.9 Å². The van der Waals surface area contributed by atoms with E-state index in [1.165, 1.54) is 6.07 Å². The van der Waals surface area contributed by atoms with E-state index in [4.69, 9.17) is 9.05 Å². The molecular weight excluding hydrogens is 430 g/mol. The van der Waals surface area contributed by atoms with Crippen LogP contribution in [0.5, 0.6) is 0 Å². The van der Waals surface area contributed by atoms with Gasteiger partial charge in [-0.3, -0.25) is 9.80 Å². The van der Waals surface area contributed by atoms with E-state index in [0.717, 1.165) is 38.2 Å². The average molecular weight is 453 g/mol. The van der Waals surface area contributed by atoms with Crippen LogP contribution in [0.3, 0.4) is 0 Å². The number of aryl methyl sites for hydroxylation is 2. The second-order valence-corrected chi connectivity index (χ2v) is 7.93. The summed E-state index contributed by atoms with van der Waals surface area (Å²) in [5.74, 6) is 0.302. The first kappa shape index (κ1) is 22.4. The third-order valence-corrected chi connectivity index (χ3v) is 5.51. The summed E-state index contributed by atoms with van der Waals surface area (Å²) in [7, 11) is 0. The molecule has 7 nitrogen and oxygen atoms in total. The van der Waals surface area contributed by atoms with E-state index in [2.05, 4.69) is 25.1 Å². The van der Waals surface area contributed by atoms with Crippen LogP contribution in [0.1, 0.15) is 34.8 Å². The van der Waals surface area contributed by atoms with Crippen molar-refractivity contribution in [3.05, 3.63) is 52.4 Å². The molecule has 0 spiro atoms. The maximum Gasteiger partial charge on any atom is 0.419 e. The Bertz CT molecular complexity index is 1060. The molecule has 11 heteroatoms. The molecule has 1 saturated heterocycles. The lowest BCUT2D eigenvalue weighted by atomic mass is 10.1. The molecule has 1 fully saturated rings. The highest BCUT2D eigenvalue weighted by atomic mass is 19.4. The summed E-state index contributed by atoms with van der Waals surface area (Å²) in [6, 6.07) is 3.12. The third kappa shape index (κ3) is 4.99. The van der Waals surface area contributed by atoms with Crippen LogP contribution in [0.2, 0.25) is 0 Å². The second kappa shape index (κ2) is 8.99. The van der Waals surface area contributed by atoms with Crippen LogP contribution in [-0.2, 0) is 19.3 Å². The van der Waals surface area contributed by atoms with Crippen LogP contribution >= 0.6 is 0 Å². The van der Waals surface area contributed by atoms with E-state index in [-0.39, 0.29) is 0 Å². The van der Waals surface area contributed by atoms with Gasteiger partial charge in [0.25, 0.3) is 5.89 Å². The maximum absolute atomic E-state index is 13.9. The zero-order valence-electron chi connectivity index (χ0n) is 17.7. The fraction of sp³-hybridized carbons (Fsp3) is 0.476. The first-order valence-electron chi connectivity index (χ1n) is 10.3. The molecule has 0 saturated carbocycles. The monoisotopic (exact) mass is 453 g/mol. The molecule has 0 unspecified atom stereocenters. The molecule has 3 heterocycles. The Balaban J connectivity index is 1.34. The normalized spacial score (nSPS) is 16.4. The molecular formula is C21H23F4N5O2. The number of benzene rings is 1. The molecule has 2 aromatic heterocycles. The SMILES string of the molecule is Cc1noc(C)c1-c1nc(CN2CCCN(Cc3ccc(C(F)(F)F)c(F)c3)CC2)no1. The van der Waals surface area contributed by atoms with E-state index >= 15 is 0 Å². The lowest BCUT2D eigenvalue weighted by Crippen LogP contribution is -2.30. The van der Waals surface area contributed by atoms with Gasteiger partial charge in [0.15, 0.2) is 5.82 Å². The number of hydrogen-bond donors (Lipinski definition) is 0. The second-order valence-electron chi connectivity index (χ2n) is 7.93. The largest absolute Gasteiger partial charge is 0.419 e. The molecule has 0 aliphatic carbocycles. The number of alkyl halides is 3. The van der Waals surface area contributed by atoms with Crippen molar-refractivity contribution in [2.75, 3.05) is 26.2 Å². The number of hydrogen-bond acceptors (Lipinski definition) is 7. The van der Waals surface area contributed by atoms with E-state index in [9.17, 15) is 17.6 Å². The van der Waals surface area contributed by atoms with Crippen molar-refractivity contribution >= 4 is 0 Å². The predicted molar refractivity (Wildman–Crippen MR) is 106 cm³/mol. The summed E-state index contributed by atoms with van der Waals surface area (Å²) in [6.07, 6.45) is -3.83. The van der Waals surface area contributed by atoms with Crippen molar-refractivity contribution in [1.82, 2.24) is 25.1 Å². The predicted octanol–water partition coefficient (Wildman–Crippen LogP) is 4.21. The van der Waals surface area contributed by atoms with Crippen molar-refractivity contribution in [2.45, 2.75) is 39.5 Å². The van der Waals surface area contributed by atoms with Gasteiger partial charge in [-0.05, 0) is 51.1 Å². The smallest absolute Gasteiger partial charge is 0.361 e. The van der Waals surface area contributed by atoms with Crippen molar-refractivity contribution < 1.29 is 26.6 Å². The van der Waals surface area contributed by atoms with Crippen LogP contribution in [0.25, 0.3) is 11.5 Å². The Morgan fingerprint density at radius 1 is 0.969 bits per heavy atom. The summed E-state index contributed by atoms with van der Waals surface area (Å²) < 4.78 is 62.6. The summed E-state index contributed by atoms with van der Waals surface area (Å²) in [5, 5.41) is 7.96. The summed E-state index contributed by atoms with van der Waals surface area (Å²) in [6.45, 7) is 7.47. The van der Waals surface area contributed by atoms with Gasteiger partial charge in [-0.1, -0.05) is 16.4 Å². The van der Waals surface area contributed by atoms with Crippen LogP contribution in [0.4, 0.5) is 17.6 Å². The van der Waals surface area contributed by atoms with Crippen molar-refractivity contribution in [3.63, 3.8) is 0 Å². The Labute approximate surface area is 182 Å². The molecule has 172 valence electrons. The van der Waals surface area contributed by atoms with Gasteiger partial charge >= 0.3 is 6.18 Å². The fourth-order valence-electron chi connectivity index (χ4n) is 3.89. The molecule has 0 amide bonds. The van der Waals surface area contributed by atoms with E-state index < -0.39 is 17.6 Å². The number of halogens is 4. The average Bonchev–Trinajstić information content (AvgIpc) is 3.22. The topological polar surface area (TPSA) is 71.4 Å². The van der Waals surface area contributed by atoms with Crippen molar-refractivity contribution in [1.29, 1.82) is 0 Å². The fourth-order valence-corrected chi connectivity index (χ4v) is 3.89. The van der Waals surface area contributed by atoms with Crippen LogP contribution < -0.4 is 0 Å². The zero-order chi connectivity index (χ0) is 22.9. The lowest BCUT2D eigenvalue weighted by molar-refractivity contribution is -0.140. The molecule has 4 rings (SSSR count). The minimum Gasteiger partial charge on any atom is -0.361 e. The van der Waals surface area contributed by atoms with E-state index in [1.54, 1.807) is 6.92 Å². The van der Waals surface area contributed by atoms with Crippen LogP contribution in [0.15, 0.2) is 27.2 Å². The van der Waals surface area contributed by atoms with Crippen molar-refractivity contribution in [3.8, 4) is 11.5 Å². The number of aromatic nitrogens is 3. The molecule has 0 N–H and O–H groups in total. The Morgan fingerprint density at radius 2 is 1.69 bits per heavy atom. The molecule has 32 heavy (non-hydrogen) atoms. The van der Waals surface area contributed by atoms with Gasteiger partial charge in [0, 0.05) is 19.6 Å². The molecule has 0 radical (unpaired) electrons. The van der Waals surface area contributed by atoms with Gasteiger partial charge < -0.3 is 9.05 Å². The van der Waals surface area contributed by atoms with Gasteiger partial charge in [0.2, 0.25) is 0 Å². The first-order chi connectivity index (χ1) is 15.2. The number of rotatable bonds is 5. The molecule has 3 aromatic rings. The Kier molecular flexibility index (Phi) is 6.29. The maximum atomic E-state index is 13.9. The van der Waals surface area contributed by atoms with Gasteiger partial charge in [-0.2, -0.15) is 18.2 Å². The van der Waals surface area contributed by atoms with Gasteiger partial charge in [0.1, 0.15) is 17.1 Å². The molecule has 1 aliphatic heterocycles. The van der Waals surface area contributed by atoms with Crippen LogP contribution in [-0.4, -0.2) is 51.3 Å². The van der Waals surface area contributed by atoms with Gasteiger partial charge in [0.05, 0.1) is 17.8 Å². The van der Waals surface area contributed by atoms with Gasteiger partial charge in [-0.25, -0.2) is 4.39 Å². The standard InChI is InChI=1S/C21H23F4N5O2/c1-13-19(14(2)31-27-13)20-26-18(28-32-20)12-30-7-3-6-29(8-9-30)11-15-4-5-16(17(22)10-15)21(23,24)25/h4-5,10H,3,6-9,11-12H2,1-2H3. The highest BCUT2D eigenvalue weighted by molar-refractivity contribution is 5.57. The highest BCUT2D eigenvalue weighted by Crippen LogP contribution is 2.32. The van der Waals surface area contributed by atoms with E-state index in [1.807, 2.05) is 6.92 Å². The zero-order valence-corrected chi connectivity index (χ0v) is 17.7. The first-order valence-corrected chi connectivity index (χ1v) is 10.3. The minimum atomic E-state index is -4.69.